The summed E-state index contributed by atoms with van der Waals surface area (Å²) in [4.78, 5) is 14.2. The fourth-order valence-electron chi connectivity index (χ4n) is 2.79. The van der Waals surface area contributed by atoms with Gasteiger partial charge in [0.15, 0.2) is 0 Å². The number of carbonyl (C=O) groups excluding carboxylic acids is 1. The number of rotatable bonds is 3. The van der Waals surface area contributed by atoms with Gasteiger partial charge in [0.25, 0.3) is 10.1 Å². The van der Waals surface area contributed by atoms with Crippen molar-refractivity contribution in [2.24, 2.45) is 0 Å². The second-order valence-corrected chi connectivity index (χ2v) is 7.77. The largest absolute Gasteiger partial charge is 0.707 e. The minimum atomic E-state index is -3.72. The molecule has 0 aromatic rings. The van der Waals surface area contributed by atoms with Gasteiger partial charge in [-0.3, -0.25) is 14.3 Å². The summed E-state index contributed by atoms with van der Waals surface area (Å²) >= 11 is 0. The van der Waals surface area contributed by atoms with Crippen molar-refractivity contribution in [1.29, 1.82) is 0 Å². The standard InChI is InChI=1S/C9H17N2.C5H9NO.CH4O4S/c1-2-6-10(5-1)9-11-7-3-4-8-11;7-5-6-3-1-2-4-6;1-6(3,4)5-2/h9H,1-8H2;5H,1-4H2;2H,1H3/q+1;;/p-1. The van der Waals surface area contributed by atoms with Crippen molar-refractivity contribution in [3.05, 3.63) is 0 Å². The van der Waals surface area contributed by atoms with Gasteiger partial charge < -0.3 is 14.5 Å². The lowest BCUT2D eigenvalue weighted by Crippen LogP contribution is -2.24. The van der Waals surface area contributed by atoms with Gasteiger partial charge in [0.05, 0.1) is 32.4 Å². The summed E-state index contributed by atoms with van der Waals surface area (Å²) in [5.41, 5.74) is 0. The highest BCUT2D eigenvalue weighted by molar-refractivity contribution is 7.85. The Kier molecular flexibility index (Phi) is 9.89. The minimum Gasteiger partial charge on any atom is -0.707 e. The molecule has 140 valence electrons. The molecule has 0 N–H and O–H groups in total. The molecule has 9 heteroatoms. The summed E-state index contributed by atoms with van der Waals surface area (Å²) in [6.07, 6.45) is 11.9. The molecule has 0 unspecified atom stereocenters. The molecule has 3 saturated heterocycles. The smallest absolute Gasteiger partial charge is 0.255 e. The van der Waals surface area contributed by atoms with Crippen LogP contribution in [0.2, 0.25) is 0 Å². The molecule has 0 saturated carbocycles. The Bertz CT molecular complexity index is 475. The Morgan fingerprint density at radius 1 is 0.917 bits per heavy atom. The van der Waals surface area contributed by atoms with Crippen molar-refractivity contribution in [1.82, 2.24) is 9.80 Å². The molecule has 0 spiro atoms. The van der Waals surface area contributed by atoms with Gasteiger partial charge in [-0.2, -0.15) is 0 Å². The highest BCUT2D eigenvalue weighted by atomic mass is 32.2. The first kappa shape index (κ1) is 20.9. The minimum absolute atomic E-state index is 0.681. The fraction of sp³-hybridized carbons (Fsp3) is 0.867. The Hall–Kier alpha value is -1.19. The number of nitrogens with zero attached hydrogens (tertiary/aromatic N) is 3. The molecule has 0 aliphatic carbocycles. The lowest BCUT2D eigenvalue weighted by atomic mass is 10.4. The zero-order chi connectivity index (χ0) is 17.8. The van der Waals surface area contributed by atoms with Crippen LogP contribution >= 0.6 is 0 Å². The van der Waals surface area contributed by atoms with Crippen LogP contribution in [0.1, 0.15) is 38.5 Å². The number of likely N-dealkylation sites (tertiary alicyclic amines) is 2. The van der Waals surface area contributed by atoms with Gasteiger partial charge in [-0.05, 0) is 38.5 Å². The molecule has 3 aliphatic rings. The van der Waals surface area contributed by atoms with E-state index in [0.717, 1.165) is 19.5 Å². The van der Waals surface area contributed by atoms with Crippen LogP contribution in [0.5, 0.6) is 0 Å². The molecule has 24 heavy (non-hydrogen) atoms. The monoisotopic (exact) mass is 363 g/mol. The van der Waals surface area contributed by atoms with Crippen LogP contribution in [0.3, 0.4) is 0 Å². The van der Waals surface area contributed by atoms with Gasteiger partial charge in [0, 0.05) is 13.1 Å². The van der Waals surface area contributed by atoms with Crippen LogP contribution in [0.4, 0.5) is 0 Å². The van der Waals surface area contributed by atoms with Gasteiger partial charge in [-0.1, -0.05) is 0 Å². The average Bonchev–Trinajstić information content (AvgIpc) is 3.32. The molecule has 1 amide bonds. The maximum atomic E-state index is 9.93. The lowest BCUT2D eigenvalue weighted by molar-refractivity contribution is -0.634. The van der Waals surface area contributed by atoms with Gasteiger partial charge in [0.2, 0.25) is 12.7 Å². The first-order chi connectivity index (χ1) is 11.4. The van der Waals surface area contributed by atoms with E-state index in [-0.39, 0.29) is 0 Å². The first-order valence-corrected chi connectivity index (χ1v) is 10.3. The van der Waals surface area contributed by atoms with E-state index in [4.69, 9.17) is 5.26 Å². The molecule has 0 aromatic carbocycles. The lowest BCUT2D eigenvalue weighted by Gasteiger charge is -2.04. The fourth-order valence-corrected chi connectivity index (χ4v) is 2.79. The molecule has 0 radical (unpaired) electrons. The normalized spacial score (nSPS) is 20.2. The molecular formula is C15H29N3O5S. The summed E-state index contributed by atoms with van der Waals surface area (Å²) in [5.74, 6) is 0. The molecular weight excluding hydrogens is 334 g/mol. The average molecular weight is 363 g/mol. The van der Waals surface area contributed by atoms with Crippen molar-refractivity contribution in [3.63, 3.8) is 0 Å². The number of hydrogen-bond acceptors (Lipinski definition) is 5. The third-order valence-corrected chi connectivity index (χ3v) is 4.27. The van der Waals surface area contributed by atoms with Crippen molar-refractivity contribution in [3.8, 4) is 0 Å². The van der Waals surface area contributed by atoms with Crippen LogP contribution in [0.15, 0.2) is 0 Å². The molecule has 3 heterocycles. The van der Waals surface area contributed by atoms with Crippen molar-refractivity contribution in [2.75, 3.05) is 45.5 Å². The van der Waals surface area contributed by atoms with Gasteiger partial charge >= 0.3 is 0 Å². The van der Waals surface area contributed by atoms with E-state index in [1.807, 2.05) is 0 Å². The van der Waals surface area contributed by atoms with Crippen LogP contribution in [0.25, 0.3) is 0 Å². The summed E-state index contributed by atoms with van der Waals surface area (Å²) < 4.78 is 24.1. The van der Waals surface area contributed by atoms with Crippen LogP contribution in [0, 0.1) is 0 Å². The second-order valence-electron chi connectivity index (χ2n) is 6.22. The van der Waals surface area contributed by atoms with E-state index < -0.39 is 10.1 Å². The third kappa shape index (κ3) is 9.84. The molecule has 8 nitrogen and oxygen atoms in total. The van der Waals surface area contributed by atoms with Crippen molar-refractivity contribution >= 4 is 22.9 Å². The quantitative estimate of drug-likeness (QED) is 0.218. The van der Waals surface area contributed by atoms with E-state index in [1.54, 1.807) is 4.90 Å². The number of carbonyl (C=O) groups is 1. The van der Waals surface area contributed by atoms with Crippen LogP contribution in [-0.4, -0.2) is 81.1 Å². The van der Waals surface area contributed by atoms with Crippen LogP contribution in [-0.2, 0) is 19.2 Å². The maximum Gasteiger partial charge on any atom is 0.255 e. The summed E-state index contributed by atoms with van der Waals surface area (Å²) in [5, 5.41) is 8.86. The van der Waals surface area contributed by atoms with E-state index in [9.17, 15) is 13.2 Å². The molecule has 3 aliphatic heterocycles. The number of amides is 1. The van der Waals surface area contributed by atoms with E-state index in [1.165, 1.54) is 64.7 Å². The van der Waals surface area contributed by atoms with E-state index >= 15 is 0 Å². The van der Waals surface area contributed by atoms with Crippen molar-refractivity contribution in [2.45, 2.75) is 38.5 Å². The summed E-state index contributed by atoms with van der Waals surface area (Å²) in [6, 6.07) is 0. The zero-order valence-electron chi connectivity index (χ0n) is 14.4. The second kappa shape index (κ2) is 11.4. The highest BCUT2D eigenvalue weighted by Gasteiger charge is 2.16. The van der Waals surface area contributed by atoms with Crippen molar-refractivity contribution < 1.29 is 27.4 Å². The highest BCUT2D eigenvalue weighted by Crippen LogP contribution is 2.06. The summed E-state index contributed by atoms with van der Waals surface area (Å²) in [7, 11) is -3.72. The molecule has 0 aromatic heterocycles. The Labute approximate surface area is 144 Å². The molecule has 0 atom stereocenters. The summed E-state index contributed by atoms with van der Waals surface area (Å²) in [6.45, 7) is 7.10. The Morgan fingerprint density at radius 2 is 1.33 bits per heavy atom. The predicted molar refractivity (Wildman–Crippen MR) is 88.9 cm³/mol. The van der Waals surface area contributed by atoms with E-state index in [2.05, 4.69) is 20.1 Å². The molecule has 0 bridgehead atoms. The third-order valence-electron chi connectivity index (χ3n) is 4.02. The van der Waals surface area contributed by atoms with Crippen LogP contribution < -0.4 is 5.26 Å². The van der Waals surface area contributed by atoms with Gasteiger partial charge in [-0.15, -0.1) is 0 Å². The SMILES string of the molecule is C(N1CCCC1)=[N+]1CCCC1.CS(=O)(=O)O[O-].O=CN1CCCC1. The Morgan fingerprint density at radius 3 is 1.67 bits per heavy atom. The van der Waals surface area contributed by atoms with E-state index in [0.29, 0.717) is 6.26 Å². The Balaban J connectivity index is 0.000000194. The maximum absolute atomic E-state index is 9.93. The molecule has 3 rings (SSSR count). The topological polar surface area (TPSA) is 93.0 Å². The number of hydrogen-bond donors (Lipinski definition) is 0. The first-order valence-electron chi connectivity index (χ1n) is 8.48. The predicted octanol–water partition coefficient (Wildman–Crippen LogP) is -0.607. The molecule has 3 fully saturated rings. The van der Waals surface area contributed by atoms with Gasteiger partial charge in [0.1, 0.15) is 0 Å². The zero-order valence-corrected chi connectivity index (χ0v) is 15.2. The van der Waals surface area contributed by atoms with Gasteiger partial charge in [-0.25, -0.2) is 8.42 Å².